The molecule has 0 aromatic heterocycles. The Morgan fingerprint density at radius 2 is 2.17 bits per heavy atom. The van der Waals surface area contributed by atoms with Crippen LogP contribution in [0.2, 0.25) is 0 Å². The molecule has 1 aromatic rings. The molecule has 1 aliphatic heterocycles. The quantitative estimate of drug-likeness (QED) is 0.616. The molecule has 4 heteroatoms. The van der Waals surface area contributed by atoms with Crippen molar-refractivity contribution < 1.29 is 4.74 Å². The van der Waals surface area contributed by atoms with Crippen molar-refractivity contribution in [1.82, 2.24) is 4.90 Å². The van der Waals surface area contributed by atoms with E-state index in [0.717, 1.165) is 24.3 Å². The van der Waals surface area contributed by atoms with Crippen molar-refractivity contribution in [1.29, 1.82) is 5.41 Å². The minimum Gasteiger partial charge on any atom is -0.494 e. The predicted molar refractivity (Wildman–Crippen MR) is 73.2 cm³/mol. The standard InChI is InChI=1S/C14H21N3O/c1-17-9-2-3-12(17)8-10-18-13-6-4-11(5-7-13)14(15)16/h4-7,12H,2-3,8-10H2,1H3,(H3,15,16). The van der Waals surface area contributed by atoms with E-state index in [9.17, 15) is 0 Å². The molecule has 1 unspecified atom stereocenters. The fourth-order valence-corrected chi connectivity index (χ4v) is 2.39. The largest absolute Gasteiger partial charge is 0.494 e. The molecule has 0 bridgehead atoms. The van der Waals surface area contributed by atoms with Crippen LogP contribution in [0.4, 0.5) is 0 Å². The van der Waals surface area contributed by atoms with Crippen LogP contribution in [0.5, 0.6) is 5.75 Å². The van der Waals surface area contributed by atoms with E-state index < -0.39 is 0 Å². The molecule has 1 aliphatic rings. The highest BCUT2D eigenvalue weighted by atomic mass is 16.5. The summed E-state index contributed by atoms with van der Waals surface area (Å²) in [5, 5.41) is 7.31. The summed E-state index contributed by atoms with van der Waals surface area (Å²) in [6.07, 6.45) is 3.66. The van der Waals surface area contributed by atoms with Crippen LogP contribution in [0.25, 0.3) is 0 Å². The van der Waals surface area contributed by atoms with Gasteiger partial charge in [-0.25, -0.2) is 0 Å². The summed E-state index contributed by atoms with van der Waals surface area (Å²) in [5.41, 5.74) is 6.13. The van der Waals surface area contributed by atoms with Crippen molar-refractivity contribution in [3.05, 3.63) is 29.8 Å². The van der Waals surface area contributed by atoms with Gasteiger partial charge in [0.1, 0.15) is 11.6 Å². The average Bonchev–Trinajstić information content (AvgIpc) is 2.76. The Bertz CT molecular complexity index is 402. The van der Waals surface area contributed by atoms with Crippen LogP contribution in [0.1, 0.15) is 24.8 Å². The lowest BCUT2D eigenvalue weighted by Crippen LogP contribution is -2.26. The van der Waals surface area contributed by atoms with Crippen molar-refractivity contribution in [2.24, 2.45) is 5.73 Å². The number of likely N-dealkylation sites (tertiary alicyclic amines) is 1. The minimum atomic E-state index is 0.0918. The molecule has 1 fully saturated rings. The number of hydrogen-bond donors (Lipinski definition) is 2. The third kappa shape index (κ3) is 3.23. The SMILES string of the molecule is CN1CCCC1CCOc1ccc(C(=N)N)cc1. The molecule has 1 aromatic carbocycles. The summed E-state index contributed by atoms with van der Waals surface area (Å²) < 4.78 is 5.71. The maximum absolute atomic E-state index is 7.31. The highest BCUT2D eigenvalue weighted by Gasteiger charge is 2.20. The second kappa shape index (κ2) is 5.87. The average molecular weight is 247 g/mol. The highest BCUT2D eigenvalue weighted by Crippen LogP contribution is 2.18. The van der Waals surface area contributed by atoms with E-state index in [0.29, 0.717) is 6.04 Å². The first-order valence-electron chi connectivity index (χ1n) is 6.44. The van der Waals surface area contributed by atoms with Gasteiger partial charge in [-0.05, 0) is 57.1 Å². The molecular weight excluding hydrogens is 226 g/mol. The Balaban J connectivity index is 1.78. The fraction of sp³-hybridized carbons (Fsp3) is 0.500. The zero-order valence-corrected chi connectivity index (χ0v) is 10.9. The molecule has 4 nitrogen and oxygen atoms in total. The molecule has 0 radical (unpaired) electrons. The van der Waals surface area contributed by atoms with Crippen LogP contribution in [0.3, 0.4) is 0 Å². The number of hydrogen-bond acceptors (Lipinski definition) is 3. The molecule has 1 heterocycles. The molecule has 98 valence electrons. The number of nitrogen functional groups attached to an aromatic ring is 1. The highest BCUT2D eigenvalue weighted by molar-refractivity contribution is 5.94. The maximum atomic E-state index is 7.31. The second-order valence-corrected chi connectivity index (χ2v) is 4.85. The minimum absolute atomic E-state index is 0.0918. The molecule has 0 saturated carbocycles. The summed E-state index contributed by atoms with van der Waals surface area (Å²) in [5.74, 6) is 0.940. The first-order valence-corrected chi connectivity index (χ1v) is 6.44. The van der Waals surface area contributed by atoms with Crippen LogP contribution < -0.4 is 10.5 Å². The lowest BCUT2D eigenvalue weighted by atomic mass is 10.1. The van der Waals surface area contributed by atoms with E-state index >= 15 is 0 Å². The van der Waals surface area contributed by atoms with Gasteiger partial charge < -0.3 is 15.4 Å². The Morgan fingerprint density at radius 3 is 2.72 bits per heavy atom. The number of amidine groups is 1. The fourth-order valence-electron chi connectivity index (χ4n) is 2.39. The zero-order valence-electron chi connectivity index (χ0n) is 10.9. The molecule has 1 atom stereocenters. The molecule has 18 heavy (non-hydrogen) atoms. The van der Waals surface area contributed by atoms with Gasteiger partial charge in [0.25, 0.3) is 0 Å². The Labute approximate surface area is 108 Å². The third-order valence-electron chi connectivity index (χ3n) is 3.56. The first-order chi connectivity index (χ1) is 8.66. The van der Waals surface area contributed by atoms with Crippen molar-refractivity contribution in [3.63, 3.8) is 0 Å². The van der Waals surface area contributed by atoms with Crippen LogP contribution in [0, 0.1) is 5.41 Å². The monoisotopic (exact) mass is 247 g/mol. The smallest absolute Gasteiger partial charge is 0.122 e. The lowest BCUT2D eigenvalue weighted by Gasteiger charge is -2.19. The van der Waals surface area contributed by atoms with Gasteiger partial charge in [0, 0.05) is 11.6 Å². The van der Waals surface area contributed by atoms with Crippen molar-refractivity contribution in [3.8, 4) is 5.75 Å². The van der Waals surface area contributed by atoms with E-state index in [2.05, 4.69) is 11.9 Å². The van der Waals surface area contributed by atoms with E-state index in [4.69, 9.17) is 15.9 Å². The molecule has 3 N–H and O–H groups in total. The number of nitrogens with two attached hydrogens (primary N) is 1. The number of benzene rings is 1. The van der Waals surface area contributed by atoms with Gasteiger partial charge >= 0.3 is 0 Å². The van der Waals surface area contributed by atoms with Crippen molar-refractivity contribution in [2.45, 2.75) is 25.3 Å². The summed E-state index contributed by atoms with van der Waals surface area (Å²) in [4.78, 5) is 2.40. The summed E-state index contributed by atoms with van der Waals surface area (Å²) in [7, 11) is 2.18. The molecule has 0 amide bonds. The van der Waals surface area contributed by atoms with Crippen LogP contribution in [-0.4, -0.2) is 37.0 Å². The Morgan fingerprint density at radius 1 is 1.44 bits per heavy atom. The van der Waals surface area contributed by atoms with Crippen molar-refractivity contribution >= 4 is 5.84 Å². The van der Waals surface area contributed by atoms with Crippen LogP contribution in [0.15, 0.2) is 24.3 Å². The molecule has 2 rings (SSSR count). The van der Waals surface area contributed by atoms with Crippen molar-refractivity contribution in [2.75, 3.05) is 20.2 Å². The molecular formula is C14H21N3O. The first kappa shape index (κ1) is 12.9. The van der Waals surface area contributed by atoms with Gasteiger partial charge in [-0.2, -0.15) is 0 Å². The van der Waals surface area contributed by atoms with E-state index in [-0.39, 0.29) is 5.84 Å². The maximum Gasteiger partial charge on any atom is 0.122 e. The van der Waals surface area contributed by atoms with E-state index in [1.807, 2.05) is 24.3 Å². The van der Waals surface area contributed by atoms with Gasteiger partial charge in [-0.1, -0.05) is 0 Å². The second-order valence-electron chi connectivity index (χ2n) is 4.85. The van der Waals surface area contributed by atoms with Gasteiger partial charge in [-0.15, -0.1) is 0 Å². The van der Waals surface area contributed by atoms with E-state index in [1.54, 1.807) is 0 Å². The van der Waals surface area contributed by atoms with Gasteiger partial charge in [0.15, 0.2) is 0 Å². The van der Waals surface area contributed by atoms with Gasteiger partial charge in [0.05, 0.1) is 6.61 Å². The van der Waals surface area contributed by atoms with Gasteiger partial charge in [0.2, 0.25) is 0 Å². The van der Waals surface area contributed by atoms with E-state index in [1.165, 1.54) is 19.4 Å². The summed E-state index contributed by atoms with van der Waals surface area (Å²) in [6.45, 7) is 1.95. The number of ether oxygens (including phenoxy) is 1. The lowest BCUT2D eigenvalue weighted by molar-refractivity contribution is 0.233. The topological polar surface area (TPSA) is 62.3 Å². The predicted octanol–water partition coefficient (Wildman–Crippen LogP) is 1.83. The number of rotatable bonds is 5. The normalized spacial score (nSPS) is 19.9. The molecule has 0 aliphatic carbocycles. The van der Waals surface area contributed by atoms with Crippen LogP contribution in [-0.2, 0) is 0 Å². The molecule has 0 spiro atoms. The molecule has 1 saturated heterocycles. The Hall–Kier alpha value is -1.55. The third-order valence-corrected chi connectivity index (χ3v) is 3.56. The zero-order chi connectivity index (χ0) is 13.0. The number of nitrogens with zero attached hydrogens (tertiary/aromatic N) is 1. The van der Waals surface area contributed by atoms with Gasteiger partial charge in [-0.3, -0.25) is 5.41 Å². The summed E-state index contributed by atoms with van der Waals surface area (Å²) >= 11 is 0. The Kier molecular flexibility index (Phi) is 4.20. The summed E-state index contributed by atoms with van der Waals surface area (Å²) in [6, 6.07) is 8.05. The van der Waals surface area contributed by atoms with Crippen LogP contribution >= 0.6 is 0 Å². The number of nitrogens with one attached hydrogen (secondary N) is 1.